The lowest BCUT2D eigenvalue weighted by atomic mass is 10.0. The van der Waals surface area contributed by atoms with Gasteiger partial charge < -0.3 is 0 Å². The maximum absolute atomic E-state index is 12.6. The van der Waals surface area contributed by atoms with Gasteiger partial charge in [0.25, 0.3) is 16.8 Å². The Hall–Kier alpha value is -3.74. The molecule has 0 spiro atoms. The van der Waals surface area contributed by atoms with Gasteiger partial charge in [-0.2, -0.15) is 0 Å². The number of hydrogen-bond acceptors (Lipinski definition) is 4. The number of aromatic nitrogens is 2. The number of nitro benzene ring substituents is 1. The molecule has 7 heteroatoms. The van der Waals surface area contributed by atoms with E-state index in [0.29, 0.717) is 16.8 Å². The van der Waals surface area contributed by atoms with E-state index in [9.17, 15) is 19.7 Å². The van der Waals surface area contributed by atoms with E-state index < -0.39 is 4.92 Å². The number of nitro groups is 1. The molecule has 0 N–H and O–H groups in total. The van der Waals surface area contributed by atoms with E-state index in [4.69, 9.17) is 0 Å². The normalized spacial score (nSPS) is 11.1. The van der Waals surface area contributed by atoms with Crippen LogP contribution in [0, 0.1) is 17.0 Å². The third-order valence-corrected chi connectivity index (χ3v) is 4.44. The van der Waals surface area contributed by atoms with E-state index in [2.05, 4.69) is 0 Å². The van der Waals surface area contributed by atoms with E-state index in [1.54, 1.807) is 24.3 Å². The Labute approximate surface area is 146 Å². The van der Waals surface area contributed by atoms with Gasteiger partial charge in [-0.15, -0.1) is 0 Å². The third-order valence-electron chi connectivity index (χ3n) is 4.44. The van der Waals surface area contributed by atoms with Crippen LogP contribution in [0.2, 0.25) is 0 Å². The molecular weight excluding hydrogens is 334 g/mol. The molecule has 0 saturated carbocycles. The van der Waals surface area contributed by atoms with Crippen LogP contribution in [0.15, 0.2) is 70.3 Å². The second-order valence-electron chi connectivity index (χ2n) is 5.93. The molecule has 0 aliphatic heterocycles. The largest absolute Gasteiger partial charge is 0.270 e. The highest BCUT2D eigenvalue weighted by Gasteiger charge is 2.16. The van der Waals surface area contributed by atoms with Gasteiger partial charge in [0.2, 0.25) is 0 Å². The van der Waals surface area contributed by atoms with Crippen molar-refractivity contribution in [2.45, 2.75) is 6.92 Å². The minimum Gasteiger partial charge on any atom is -0.267 e. The highest BCUT2D eigenvalue weighted by molar-refractivity contribution is 5.87. The number of benzene rings is 2. The molecule has 0 aliphatic carbocycles. The van der Waals surface area contributed by atoms with E-state index in [-0.39, 0.29) is 16.8 Å². The van der Waals surface area contributed by atoms with Crippen LogP contribution < -0.4 is 11.1 Å². The van der Waals surface area contributed by atoms with Crippen LogP contribution in [-0.2, 0) is 0 Å². The molecule has 0 unspecified atom stereocenters. The number of non-ortho nitro benzene ring substituents is 1. The first-order valence-corrected chi connectivity index (χ1v) is 7.90. The first kappa shape index (κ1) is 15.8. The fourth-order valence-electron chi connectivity index (χ4n) is 3.26. The fraction of sp³-hybridized carbons (Fsp3) is 0.0526. The van der Waals surface area contributed by atoms with Crippen LogP contribution in [-0.4, -0.2) is 14.0 Å². The summed E-state index contributed by atoms with van der Waals surface area (Å²) in [6, 6.07) is 15.7. The monoisotopic (exact) mass is 347 g/mol. The predicted molar refractivity (Wildman–Crippen MR) is 97.7 cm³/mol. The molecule has 0 radical (unpaired) electrons. The van der Waals surface area contributed by atoms with Crippen LogP contribution in [0.1, 0.15) is 5.56 Å². The average molecular weight is 347 g/mol. The maximum Gasteiger partial charge on any atom is 0.270 e. The first-order chi connectivity index (χ1) is 12.5. The van der Waals surface area contributed by atoms with Crippen LogP contribution in [0.5, 0.6) is 0 Å². The highest BCUT2D eigenvalue weighted by atomic mass is 16.6. The zero-order valence-corrected chi connectivity index (χ0v) is 13.7. The summed E-state index contributed by atoms with van der Waals surface area (Å²) in [5.41, 5.74) is 1.85. The van der Waals surface area contributed by atoms with Gasteiger partial charge in [-0.25, -0.2) is 9.03 Å². The molecule has 0 bridgehead atoms. The van der Waals surface area contributed by atoms with Crippen molar-refractivity contribution in [3.05, 3.63) is 97.0 Å². The summed E-state index contributed by atoms with van der Waals surface area (Å²) in [5.74, 6) is 0. The van der Waals surface area contributed by atoms with Crippen molar-refractivity contribution in [2.75, 3.05) is 0 Å². The lowest BCUT2D eigenvalue weighted by Gasteiger charge is -2.16. The topological polar surface area (TPSA) is 86.1 Å². The zero-order valence-electron chi connectivity index (χ0n) is 13.7. The van der Waals surface area contributed by atoms with Crippen molar-refractivity contribution < 1.29 is 4.92 Å². The third kappa shape index (κ3) is 2.21. The smallest absolute Gasteiger partial charge is 0.267 e. The Balaban J connectivity index is 2.22. The summed E-state index contributed by atoms with van der Waals surface area (Å²) in [6.07, 6.45) is 0. The van der Waals surface area contributed by atoms with Crippen molar-refractivity contribution >= 4 is 16.6 Å². The van der Waals surface area contributed by atoms with Crippen LogP contribution >= 0.6 is 0 Å². The van der Waals surface area contributed by atoms with E-state index >= 15 is 0 Å². The lowest BCUT2D eigenvalue weighted by Crippen LogP contribution is -2.30. The second kappa shape index (κ2) is 5.66. The van der Waals surface area contributed by atoms with Crippen LogP contribution in [0.3, 0.4) is 0 Å². The molecule has 0 saturated heterocycles. The highest BCUT2D eigenvalue weighted by Crippen LogP contribution is 2.29. The van der Waals surface area contributed by atoms with Gasteiger partial charge in [-0.1, -0.05) is 18.2 Å². The molecule has 7 nitrogen and oxygen atoms in total. The molecule has 26 heavy (non-hydrogen) atoms. The molecule has 0 amide bonds. The minimum atomic E-state index is -0.480. The number of fused-ring (bicyclic) bond motifs is 3. The Morgan fingerprint density at radius 1 is 0.846 bits per heavy atom. The van der Waals surface area contributed by atoms with E-state index in [1.165, 1.54) is 33.3 Å². The molecule has 128 valence electrons. The number of rotatable bonds is 2. The van der Waals surface area contributed by atoms with Gasteiger partial charge in [0.1, 0.15) is 0 Å². The lowest BCUT2D eigenvalue weighted by molar-refractivity contribution is -0.384. The Morgan fingerprint density at radius 3 is 2.12 bits per heavy atom. The molecule has 2 heterocycles. The minimum absolute atomic E-state index is 0.0407. The Kier molecular flexibility index (Phi) is 3.43. The summed E-state index contributed by atoms with van der Waals surface area (Å²) in [4.78, 5) is 35.5. The number of aryl methyl sites for hydroxylation is 1. The summed E-state index contributed by atoms with van der Waals surface area (Å²) >= 11 is 0. The fourth-order valence-corrected chi connectivity index (χ4v) is 3.26. The van der Waals surface area contributed by atoms with Crippen molar-refractivity contribution in [3.8, 4) is 11.3 Å². The molecule has 4 aromatic rings. The molecule has 0 fully saturated rings. The van der Waals surface area contributed by atoms with Gasteiger partial charge in [0.15, 0.2) is 0 Å². The van der Waals surface area contributed by atoms with E-state index in [1.807, 2.05) is 19.1 Å². The first-order valence-electron chi connectivity index (χ1n) is 7.90. The van der Waals surface area contributed by atoms with Crippen molar-refractivity contribution in [3.63, 3.8) is 0 Å². The van der Waals surface area contributed by atoms with Crippen LogP contribution in [0.4, 0.5) is 5.69 Å². The van der Waals surface area contributed by atoms with Crippen molar-refractivity contribution in [2.24, 2.45) is 0 Å². The molecule has 2 aromatic carbocycles. The van der Waals surface area contributed by atoms with Gasteiger partial charge in [-0.05, 0) is 30.7 Å². The van der Waals surface area contributed by atoms with Crippen molar-refractivity contribution in [1.82, 2.24) is 9.03 Å². The molecule has 2 aromatic heterocycles. The van der Waals surface area contributed by atoms with Crippen LogP contribution in [0.25, 0.3) is 22.2 Å². The molecular formula is C19H13N3O4. The van der Waals surface area contributed by atoms with E-state index in [0.717, 1.165) is 10.9 Å². The quantitative estimate of drug-likeness (QED) is 0.317. The maximum atomic E-state index is 12.6. The van der Waals surface area contributed by atoms with Gasteiger partial charge in [0.05, 0.1) is 16.1 Å². The second-order valence-corrected chi connectivity index (χ2v) is 5.93. The number of para-hydroxylation sites is 1. The zero-order chi connectivity index (χ0) is 18.4. The Bertz CT molecular complexity index is 1300. The summed E-state index contributed by atoms with van der Waals surface area (Å²) < 4.78 is 2.66. The number of nitrogens with zero attached hydrogens (tertiary/aromatic N) is 3. The molecule has 0 atom stereocenters. The SMILES string of the molecule is Cc1c(-c2ccc([N+](=O)[O-])cc2)n2c(=O)ccc(=O)n2c2ccccc12. The van der Waals surface area contributed by atoms with Gasteiger partial charge >= 0.3 is 0 Å². The molecule has 4 rings (SSSR count). The molecule has 0 aliphatic rings. The summed E-state index contributed by atoms with van der Waals surface area (Å²) in [6.45, 7) is 1.86. The van der Waals surface area contributed by atoms with Gasteiger partial charge in [0, 0.05) is 35.2 Å². The summed E-state index contributed by atoms with van der Waals surface area (Å²) in [5, 5.41) is 11.7. The summed E-state index contributed by atoms with van der Waals surface area (Å²) in [7, 11) is 0. The standard InChI is InChI=1S/C19H13N3O4/c1-12-15-4-2-3-5-16(15)20-17(23)10-11-18(24)21(20)19(12)13-6-8-14(9-7-13)22(25)26/h2-11H,1H3. The average Bonchev–Trinajstić information content (AvgIpc) is 2.65. The number of hydrogen-bond donors (Lipinski definition) is 0. The Morgan fingerprint density at radius 2 is 1.46 bits per heavy atom. The van der Waals surface area contributed by atoms with Gasteiger partial charge in [-0.3, -0.25) is 19.7 Å². The van der Waals surface area contributed by atoms with Crippen molar-refractivity contribution in [1.29, 1.82) is 0 Å². The predicted octanol–water partition coefficient (Wildman–Crippen LogP) is 2.80.